The van der Waals surface area contributed by atoms with Gasteiger partial charge in [0, 0.05) is 25.2 Å². The van der Waals surface area contributed by atoms with E-state index in [1.165, 1.54) is 0 Å². The van der Waals surface area contributed by atoms with Gasteiger partial charge in [-0.3, -0.25) is 0 Å². The van der Waals surface area contributed by atoms with Crippen molar-refractivity contribution < 1.29 is 17.9 Å². The Kier molecular flexibility index (Phi) is 6.81. The largest absolute Gasteiger partial charge is 0.493 e. The average molecular weight is 290 g/mol. The minimum absolute atomic E-state index is 0.0168. The lowest BCUT2D eigenvalue weighted by atomic mass is 10.2. The molecule has 20 heavy (non-hydrogen) atoms. The summed E-state index contributed by atoms with van der Waals surface area (Å²) in [7, 11) is 1.68. The van der Waals surface area contributed by atoms with Crippen LogP contribution in [0.25, 0.3) is 0 Å². The highest BCUT2D eigenvalue weighted by Crippen LogP contribution is 2.19. The minimum Gasteiger partial charge on any atom is -0.493 e. The van der Waals surface area contributed by atoms with Crippen molar-refractivity contribution in [1.82, 2.24) is 4.90 Å². The Morgan fingerprint density at radius 2 is 1.90 bits per heavy atom. The van der Waals surface area contributed by atoms with Crippen LogP contribution in [0.2, 0.25) is 0 Å². The monoisotopic (exact) mass is 290 g/mol. The van der Waals surface area contributed by atoms with Crippen molar-refractivity contribution >= 4 is 0 Å². The van der Waals surface area contributed by atoms with Crippen LogP contribution >= 0.6 is 0 Å². The molecule has 0 amide bonds. The molecule has 0 atom stereocenters. The maximum Gasteiger partial charge on any atom is 0.390 e. The molecule has 114 valence electrons. The first-order valence-corrected chi connectivity index (χ1v) is 6.58. The van der Waals surface area contributed by atoms with Crippen LogP contribution in [0.4, 0.5) is 13.2 Å². The number of nitrogens with zero attached hydrogens (tertiary/aromatic N) is 1. The number of hydrogen-bond acceptors (Lipinski definition) is 3. The maximum absolute atomic E-state index is 12.0. The Morgan fingerprint density at radius 1 is 1.20 bits per heavy atom. The van der Waals surface area contributed by atoms with Gasteiger partial charge in [-0.25, -0.2) is 0 Å². The second kappa shape index (κ2) is 8.11. The molecule has 6 heteroatoms. The average Bonchev–Trinajstić information content (AvgIpc) is 2.41. The Labute approximate surface area is 117 Å². The van der Waals surface area contributed by atoms with Crippen molar-refractivity contribution in [3.63, 3.8) is 0 Å². The molecule has 0 aliphatic carbocycles. The summed E-state index contributed by atoms with van der Waals surface area (Å²) in [6, 6.07) is 7.49. The van der Waals surface area contributed by atoms with E-state index in [1.807, 2.05) is 24.3 Å². The second-order valence-corrected chi connectivity index (χ2v) is 4.68. The molecule has 0 bridgehead atoms. The summed E-state index contributed by atoms with van der Waals surface area (Å²) in [6.07, 6.45) is -4.20. The molecular formula is C14H21F3N2O. The van der Waals surface area contributed by atoms with E-state index in [0.717, 1.165) is 11.3 Å². The molecular weight excluding hydrogens is 269 g/mol. The number of rotatable bonds is 8. The quantitative estimate of drug-likeness (QED) is 0.748. The van der Waals surface area contributed by atoms with Crippen molar-refractivity contribution in [3.8, 4) is 5.75 Å². The molecule has 0 radical (unpaired) electrons. The highest BCUT2D eigenvalue weighted by molar-refractivity contribution is 5.32. The van der Waals surface area contributed by atoms with Crippen LogP contribution in [-0.4, -0.2) is 37.8 Å². The third kappa shape index (κ3) is 6.77. The van der Waals surface area contributed by atoms with E-state index in [1.54, 1.807) is 11.9 Å². The van der Waals surface area contributed by atoms with Crippen LogP contribution in [-0.2, 0) is 6.54 Å². The highest BCUT2D eigenvalue weighted by Gasteiger charge is 2.26. The van der Waals surface area contributed by atoms with E-state index in [9.17, 15) is 13.2 Å². The number of para-hydroxylation sites is 1. The number of alkyl halides is 3. The van der Waals surface area contributed by atoms with Gasteiger partial charge in [-0.2, -0.15) is 13.2 Å². The zero-order chi connectivity index (χ0) is 15.0. The molecule has 0 saturated heterocycles. The molecule has 0 unspecified atom stereocenters. The lowest BCUT2D eigenvalue weighted by molar-refractivity contribution is -0.137. The summed E-state index contributed by atoms with van der Waals surface area (Å²) >= 11 is 0. The molecule has 3 nitrogen and oxygen atoms in total. The smallest absolute Gasteiger partial charge is 0.390 e. The zero-order valence-electron chi connectivity index (χ0n) is 11.6. The Hall–Kier alpha value is -1.27. The fraction of sp³-hybridized carbons (Fsp3) is 0.571. The van der Waals surface area contributed by atoms with E-state index >= 15 is 0 Å². The van der Waals surface area contributed by atoms with E-state index in [-0.39, 0.29) is 6.54 Å². The Morgan fingerprint density at radius 3 is 2.55 bits per heavy atom. The first-order chi connectivity index (χ1) is 9.42. The van der Waals surface area contributed by atoms with Gasteiger partial charge in [0.15, 0.2) is 0 Å². The molecule has 0 aromatic heterocycles. The van der Waals surface area contributed by atoms with E-state index in [4.69, 9.17) is 10.5 Å². The topological polar surface area (TPSA) is 38.5 Å². The van der Waals surface area contributed by atoms with Gasteiger partial charge in [0.25, 0.3) is 0 Å². The molecule has 2 N–H and O–H groups in total. The molecule has 0 aliphatic heterocycles. The van der Waals surface area contributed by atoms with Crippen LogP contribution in [0.15, 0.2) is 24.3 Å². The Balaban J connectivity index is 2.21. The molecule has 1 aromatic carbocycles. The van der Waals surface area contributed by atoms with Crippen molar-refractivity contribution in [3.05, 3.63) is 29.8 Å². The fourth-order valence-electron chi connectivity index (χ4n) is 1.76. The summed E-state index contributed by atoms with van der Waals surface area (Å²) in [5, 5.41) is 0. The van der Waals surface area contributed by atoms with Crippen LogP contribution in [0.3, 0.4) is 0 Å². The molecule has 0 spiro atoms. The van der Waals surface area contributed by atoms with Crippen molar-refractivity contribution in [1.29, 1.82) is 0 Å². The SMILES string of the molecule is CN(CCCOc1ccccc1CN)CCC(F)(F)F. The molecule has 0 heterocycles. The molecule has 0 saturated carbocycles. The lowest BCUT2D eigenvalue weighted by Crippen LogP contribution is -2.26. The van der Waals surface area contributed by atoms with E-state index < -0.39 is 12.6 Å². The lowest BCUT2D eigenvalue weighted by Gasteiger charge is -2.18. The third-order valence-electron chi connectivity index (χ3n) is 2.91. The maximum atomic E-state index is 12.0. The van der Waals surface area contributed by atoms with Gasteiger partial charge in [0.05, 0.1) is 13.0 Å². The van der Waals surface area contributed by atoms with Gasteiger partial charge < -0.3 is 15.4 Å². The number of hydrogen-bond donors (Lipinski definition) is 1. The number of benzene rings is 1. The number of halogens is 3. The van der Waals surface area contributed by atoms with Crippen LogP contribution in [0.5, 0.6) is 5.75 Å². The third-order valence-corrected chi connectivity index (χ3v) is 2.91. The van der Waals surface area contributed by atoms with Crippen LogP contribution in [0, 0.1) is 0 Å². The number of ether oxygens (including phenoxy) is 1. The first-order valence-electron chi connectivity index (χ1n) is 6.58. The molecule has 1 rings (SSSR count). The predicted molar refractivity (Wildman–Crippen MR) is 72.6 cm³/mol. The van der Waals surface area contributed by atoms with Gasteiger partial charge in [-0.1, -0.05) is 18.2 Å². The normalized spacial score (nSPS) is 11.9. The van der Waals surface area contributed by atoms with Crippen molar-refractivity contribution in [2.24, 2.45) is 5.73 Å². The minimum atomic E-state index is -4.09. The van der Waals surface area contributed by atoms with Crippen LogP contribution in [0.1, 0.15) is 18.4 Å². The molecule has 0 aliphatic rings. The summed E-state index contributed by atoms with van der Waals surface area (Å²) < 4.78 is 41.7. The standard InChI is InChI=1S/C14H21F3N2O/c1-19(9-7-14(15,16)17)8-4-10-20-13-6-3-2-5-12(13)11-18/h2-3,5-6H,4,7-11,18H2,1H3. The zero-order valence-corrected chi connectivity index (χ0v) is 11.6. The van der Waals surface area contributed by atoms with Crippen molar-refractivity contribution in [2.45, 2.75) is 25.6 Å². The van der Waals surface area contributed by atoms with E-state index in [2.05, 4.69) is 0 Å². The summed E-state index contributed by atoms with van der Waals surface area (Å²) in [5.74, 6) is 0.743. The van der Waals surface area contributed by atoms with Gasteiger partial charge in [-0.15, -0.1) is 0 Å². The van der Waals surface area contributed by atoms with E-state index in [0.29, 0.717) is 26.1 Å². The molecule has 0 fully saturated rings. The van der Waals surface area contributed by atoms with Gasteiger partial charge in [-0.05, 0) is 19.5 Å². The molecule has 1 aromatic rings. The second-order valence-electron chi connectivity index (χ2n) is 4.68. The van der Waals surface area contributed by atoms with Crippen LogP contribution < -0.4 is 10.5 Å². The van der Waals surface area contributed by atoms with Gasteiger partial charge in [0.1, 0.15) is 5.75 Å². The van der Waals surface area contributed by atoms with Crippen molar-refractivity contribution in [2.75, 3.05) is 26.7 Å². The highest BCUT2D eigenvalue weighted by atomic mass is 19.4. The summed E-state index contributed by atoms with van der Waals surface area (Å²) in [4.78, 5) is 1.66. The summed E-state index contributed by atoms with van der Waals surface area (Å²) in [5.41, 5.74) is 6.52. The summed E-state index contributed by atoms with van der Waals surface area (Å²) in [6.45, 7) is 1.46. The predicted octanol–water partition coefficient (Wildman–Crippen LogP) is 2.80. The first kappa shape index (κ1) is 16.8. The Bertz CT molecular complexity index is 396. The number of nitrogens with two attached hydrogens (primary N) is 1. The van der Waals surface area contributed by atoms with Gasteiger partial charge in [0.2, 0.25) is 0 Å². The van der Waals surface area contributed by atoms with Gasteiger partial charge >= 0.3 is 6.18 Å². The fourth-order valence-corrected chi connectivity index (χ4v) is 1.76.